The second-order valence-electron chi connectivity index (χ2n) is 5.65. The number of hydrogen-bond acceptors (Lipinski definition) is 2. The first-order valence-corrected chi connectivity index (χ1v) is 7.60. The molecule has 3 rings (SSSR count). The molecule has 20 heavy (non-hydrogen) atoms. The Morgan fingerprint density at radius 3 is 2.90 bits per heavy atom. The number of aromatic nitrogens is 1. The molecule has 1 fully saturated rings. The van der Waals surface area contributed by atoms with E-state index in [0.717, 1.165) is 36.5 Å². The van der Waals surface area contributed by atoms with Gasteiger partial charge in [-0.1, -0.05) is 18.9 Å². The van der Waals surface area contributed by atoms with Crippen molar-refractivity contribution in [2.75, 3.05) is 6.54 Å². The molecule has 0 amide bonds. The number of nitrogens with one attached hydrogen (secondary N) is 1. The third-order valence-electron chi connectivity index (χ3n) is 4.30. The van der Waals surface area contributed by atoms with Crippen LogP contribution in [0.4, 0.5) is 0 Å². The number of fused-ring (bicyclic) bond motifs is 1. The van der Waals surface area contributed by atoms with Gasteiger partial charge in [-0.05, 0) is 44.0 Å². The maximum atomic E-state index is 9.11. The molecule has 0 unspecified atom stereocenters. The summed E-state index contributed by atoms with van der Waals surface area (Å²) in [5.41, 5.74) is 1.94. The highest BCUT2D eigenvalue weighted by Crippen LogP contribution is 2.20. The van der Waals surface area contributed by atoms with Gasteiger partial charge >= 0.3 is 0 Å². The van der Waals surface area contributed by atoms with Crippen molar-refractivity contribution in [1.29, 1.82) is 5.26 Å². The van der Waals surface area contributed by atoms with E-state index in [9.17, 15) is 0 Å². The monoisotopic (exact) mass is 267 g/mol. The van der Waals surface area contributed by atoms with Crippen LogP contribution in [0.5, 0.6) is 0 Å². The molecule has 1 aromatic heterocycles. The van der Waals surface area contributed by atoms with Crippen molar-refractivity contribution in [2.24, 2.45) is 0 Å². The predicted octanol–water partition coefficient (Wildman–Crippen LogP) is 3.44. The van der Waals surface area contributed by atoms with Gasteiger partial charge in [0.1, 0.15) is 0 Å². The summed E-state index contributed by atoms with van der Waals surface area (Å²) in [7, 11) is 0. The lowest BCUT2D eigenvalue weighted by Gasteiger charge is -2.12. The summed E-state index contributed by atoms with van der Waals surface area (Å²) >= 11 is 0. The summed E-state index contributed by atoms with van der Waals surface area (Å²) in [6.07, 6.45) is 8.70. The Balaban J connectivity index is 1.59. The summed E-state index contributed by atoms with van der Waals surface area (Å²) in [5.74, 6) is 0. The maximum absolute atomic E-state index is 9.11. The van der Waals surface area contributed by atoms with Crippen LogP contribution in [0.25, 0.3) is 10.9 Å². The molecule has 2 aromatic rings. The zero-order valence-corrected chi connectivity index (χ0v) is 11.8. The fourth-order valence-corrected chi connectivity index (χ4v) is 3.20. The van der Waals surface area contributed by atoms with Gasteiger partial charge in [-0.3, -0.25) is 0 Å². The van der Waals surface area contributed by atoms with Crippen LogP contribution in [-0.4, -0.2) is 17.2 Å². The SMILES string of the molecule is N#Cc1cccc2c1ccn2CCCNC1CCCC1. The highest BCUT2D eigenvalue weighted by atomic mass is 15.0. The lowest BCUT2D eigenvalue weighted by molar-refractivity contribution is 0.498. The minimum atomic E-state index is 0.751. The molecule has 1 aliphatic rings. The first-order chi connectivity index (χ1) is 9.88. The van der Waals surface area contributed by atoms with Crippen LogP contribution in [0.3, 0.4) is 0 Å². The van der Waals surface area contributed by atoms with Crippen molar-refractivity contribution in [3.8, 4) is 6.07 Å². The van der Waals surface area contributed by atoms with E-state index in [4.69, 9.17) is 5.26 Å². The standard InChI is InChI=1S/C17H21N3/c18-13-14-5-3-8-17-16(14)9-12-20(17)11-4-10-19-15-6-1-2-7-15/h3,5,8-9,12,15,19H,1-2,4,6-7,10-11H2. The Morgan fingerprint density at radius 1 is 1.25 bits per heavy atom. The Labute approximate surface area is 120 Å². The van der Waals surface area contributed by atoms with Crippen LogP contribution < -0.4 is 5.32 Å². The number of benzene rings is 1. The van der Waals surface area contributed by atoms with E-state index in [0.29, 0.717) is 0 Å². The van der Waals surface area contributed by atoms with Gasteiger partial charge in [0.2, 0.25) is 0 Å². The molecule has 0 spiro atoms. The Bertz CT molecular complexity index is 615. The van der Waals surface area contributed by atoms with E-state index in [1.807, 2.05) is 12.1 Å². The first-order valence-electron chi connectivity index (χ1n) is 7.60. The molecule has 1 aliphatic carbocycles. The van der Waals surface area contributed by atoms with Crippen molar-refractivity contribution in [1.82, 2.24) is 9.88 Å². The summed E-state index contributed by atoms with van der Waals surface area (Å²) in [5, 5.41) is 13.8. The predicted molar refractivity (Wildman–Crippen MR) is 81.5 cm³/mol. The fourth-order valence-electron chi connectivity index (χ4n) is 3.20. The van der Waals surface area contributed by atoms with Crippen LogP contribution in [0.1, 0.15) is 37.7 Å². The van der Waals surface area contributed by atoms with Gasteiger partial charge in [0.05, 0.1) is 11.6 Å². The second-order valence-corrected chi connectivity index (χ2v) is 5.65. The zero-order chi connectivity index (χ0) is 13.8. The van der Waals surface area contributed by atoms with Crippen molar-refractivity contribution >= 4 is 10.9 Å². The van der Waals surface area contributed by atoms with Gasteiger partial charge in [-0.25, -0.2) is 0 Å². The van der Waals surface area contributed by atoms with Crippen LogP contribution in [-0.2, 0) is 6.54 Å². The third kappa shape index (κ3) is 2.71. The van der Waals surface area contributed by atoms with Gasteiger partial charge in [0.15, 0.2) is 0 Å². The summed E-state index contributed by atoms with van der Waals surface area (Å²) in [6.45, 7) is 2.10. The number of rotatable bonds is 5. The van der Waals surface area contributed by atoms with Gasteiger partial charge in [0.25, 0.3) is 0 Å². The number of nitrogens with zero attached hydrogens (tertiary/aromatic N) is 2. The molecule has 3 nitrogen and oxygen atoms in total. The van der Waals surface area contributed by atoms with Gasteiger partial charge < -0.3 is 9.88 Å². The van der Waals surface area contributed by atoms with E-state index in [2.05, 4.69) is 34.3 Å². The minimum Gasteiger partial charge on any atom is -0.347 e. The quantitative estimate of drug-likeness (QED) is 0.843. The van der Waals surface area contributed by atoms with Crippen molar-refractivity contribution in [3.63, 3.8) is 0 Å². The van der Waals surface area contributed by atoms with Crippen molar-refractivity contribution in [3.05, 3.63) is 36.0 Å². The Morgan fingerprint density at radius 2 is 2.10 bits per heavy atom. The normalized spacial score (nSPS) is 15.8. The molecular weight excluding hydrogens is 246 g/mol. The fraction of sp³-hybridized carbons (Fsp3) is 0.471. The molecule has 104 valence electrons. The molecule has 1 saturated carbocycles. The summed E-state index contributed by atoms with van der Waals surface area (Å²) in [4.78, 5) is 0. The topological polar surface area (TPSA) is 40.8 Å². The average Bonchev–Trinajstić information content (AvgIpc) is 3.13. The minimum absolute atomic E-state index is 0.751. The molecule has 3 heteroatoms. The maximum Gasteiger partial charge on any atom is 0.0998 e. The molecule has 0 saturated heterocycles. The number of aryl methyl sites for hydroxylation is 1. The third-order valence-corrected chi connectivity index (χ3v) is 4.30. The molecule has 0 bridgehead atoms. The smallest absolute Gasteiger partial charge is 0.0998 e. The average molecular weight is 267 g/mol. The van der Waals surface area contributed by atoms with E-state index in [1.54, 1.807) is 0 Å². The van der Waals surface area contributed by atoms with E-state index in [1.165, 1.54) is 31.2 Å². The van der Waals surface area contributed by atoms with Crippen LogP contribution in [0.15, 0.2) is 30.5 Å². The summed E-state index contributed by atoms with van der Waals surface area (Å²) in [6, 6.07) is 11.0. The molecule has 0 atom stereocenters. The number of hydrogen-bond donors (Lipinski definition) is 1. The summed E-state index contributed by atoms with van der Waals surface area (Å²) < 4.78 is 2.26. The van der Waals surface area contributed by atoms with Crippen molar-refractivity contribution in [2.45, 2.75) is 44.7 Å². The van der Waals surface area contributed by atoms with Gasteiger partial charge in [0, 0.05) is 29.7 Å². The van der Waals surface area contributed by atoms with Crippen molar-refractivity contribution < 1.29 is 0 Å². The first kappa shape index (κ1) is 13.2. The Kier molecular flexibility index (Phi) is 4.03. The largest absolute Gasteiger partial charge is 0.347 e. The number of nitriles is 1. The molecule has 1 heterocycles. The molecular formula is C17H21N3. The van der Waals surface area contributed by atoms with Crippen LogP contribution in [0.2, 0.25) is 0 Å². The van der Waals surface area contributed by atoms with E-state index in [-0.39, 0.29) is 0 Å². The molecule has 1 N–H and O–H groups in total. The van der Waals surface area contributed by atoms with E-state index < -0.39 is 0 Å². The lowest BCUT2D eigenvalue weighted by atomic mass is 10.1. The molecule has 0 aliphatic heterocycles. The van der Waals surface area contributed by atoms with Crippen LogP contribution >= 0.6 is 0 Å². The van der Waals surface area contributed by atoms with Gasteiger partial charge in [-0.2, -0.15) is 5.26 Å². The van der Waals surface area contributed by atoms with Gasteiger partial charge in [-0.15, -0.1) is 0 Å². The van der Waals surface area contributed by atoms with E-state index >= 15 is 0 Å². The molecule has 1 aromatic carbocycles. The van der Waals surface area contributed by atoms with Crippen LogP contribution in [0, 0.1) is 11.3 Å². The lowest BCUT2D eigenvalue weighted by Crippen LogP contribution is -2.27. The molecule has 0 radical (unpaired) electrons. The second kappa shape index (κ2) is 6.11. The Hall–Kier alpha value is -1.79. The highest BCUT2D eigenvalue weighted by molar-refractivity contribution is 5.85. The highest BCUT2D eigenvalue weighted by Gasteiger charge is 2.13. The zero-order valence-electron chi connectivity index (χ0n) is 11.8.